The fourth-order valence-electron chi connectivity index (χ4n) is 1.69. The van der Waals surface area contributed by atoms with E-state index >= 15 is 0 Å². The van der Waals surface area contributed by atoms with Crippen molar-refractivity contribution < 1.29 is 18.0 Å². The summed E-state index contributed by atoms with van der Waals surface area (Å²) in [6.07, 6.45) is -2.51. The van der Waals surface area contributed by atoms with E-state index in [1.807, 2.05) is 0 Å². The first kappa shape index (κ1) is 15.1. The van der Waals surface area contributed by atoms with Crippen molar-refractivity contribution in [2.45, 2.75) is 20.0 Å². The minimum absolute atomic E-state index is 0.0722. The largest absolute Gasteiger partial charge is 0.417 e. The summed E-state index contributed by atoms with van der Waals surface area (Å²) in [7, 11) is 0. The highest BCUT2D eigenvalue weighted by Crippen LogP contribution is 2.32. The van der Waals surface area contributed by atoms with Crippen molar-refractivity contribution in [2.24, 2.45) is 4.99 Å². The van der Waals surface area contributed by atoms with E-state index in [2.05, 4.69) is 4.99 Å². The zero-order valence-corrected chi connectivity index (χ0v) is 10.7. The number of rotatable bonds is 4. The van der Waals surface area contributed by atoms with Crippen molar-refractivity contribution in [3.8, 4) is 0 Å². The van der Waals surface area contributed by atoms with Crippen LogP contribution in [0.4, 0.5) is 13.2 Å². The number of aliphatic imine (C=N–C) groups is 1. The number of nitrogens with zero attached hydrogens (tertiary/aromatic N) is 1. The molecule has 0 bridgehead atoms. The normalized spacial score (nSPS) is 13.5. The average molecular weight is 269 g/mol. The molecule has 19 heavy (non-hydrogen) atoms. The van der Waals surface area contributed by atoms with Crippen molar-refractivity contribution in [1.29, 1.82) is 0 Å². The van der Waals surface area contributed by atoms with Crippen LogP contribution in [0, 0.1) is 0 Å². The number of aldehydes is 1. The zero-order valence-electron chi connectivity index (χ0n) is 10.7. The maximum absolute atomic E-state index is 13.0. The van der Waals surface area contributed by atoms with E-state index in [0.29, 0.717) is 12.8 Å². The predicted molar refractivity (Wildman–Crippen MR) is 68.3 cm³/mol. The summed E-state index contributed by atoms with van der Waals surface area (Å²) >= 11 is 0. The van der Waals surface area contributed by atoms with Gasteiger partial charge in [0.25, 0.3) is 0 Å². The van der Waals surface area contributed by atoms with Crippen LogP contribution in [-0.4, -0.2) is 18.5 Å². The van der Waals surface area contributed by atoms with Crippen LogP contribution >= 0.6 is 0 Å². The van der Waals surface area contributed by atoms with Gasteiger partial charge in [-0.15, -0.1) is 0 Å². The summed E-state index contributed by atoms with van der Waals surface area (Å²) in [5, 5.41) is 0. The van der Waals surface area contributed by atoms with Gasteiger partial charge in [0.15, 0.2) is 6.29 Å². The summed E-state index contributed by atoms with van der Waals surface area (Å²) in [6, 6.07) is 5.11. The lowest BCUT2D eigenvalue weighted by molar-refractivity contribution is -0.137. The molecule has 0 radical (unpaired) electrons. The van der Waals surface area contributed by atoms with E-state index in [4.69, 9.17) is 0 Å². The van der Waals surface area contributed by atoms with Crippen molar-refractivity contribution >= 4 is 12.0 Å². The molecule has 0 aliphatic carbocycles. The Morgan fingerprint density at radius 3 is 2.42 bits per heavy atom. The first-order valence-electron chi connectivity index (χ1n) is 5.78. The minimum atomic E-state index is -4.48. The lowest BCUT2D eigenvalue weighted by atomic mass is 9.97. The van der Waals surface area contributed by atoms with Gasteiger partial charge in [-0.25, -0.2) is 0 Å². The number of benzene rings is 1. The molecule has 5 heteroatoms. The minimum Gasteiger partial charge on any atom is -0.298 e. The summed E-state index contributed by atoms with van der Waals surface area (Å²) in [6.45, 7) is 3.59. The smallest absolute Gasteiger partial charge is 0.298 e. The van der Waals surface area contributed by atoms with Gasteiger partial charge < -0.3 is 0 Å². The molecule has 0 aliphatic heterocycles. The number of allylic oxidation sites excluding steroid dienone is 2. The Morgan fingerprint density at radius 2 is 1.95 bits per heavy atom. The zero-order chi connectivity index (χ0) is 14.5. The fourth-order valence-corrected chi connectivity index (χ4v) is 1.69. The lowest BCUT2D eigenvalue weighted by Crippen LogP contribution is -2.16. The highest BCUT2D eigenvalue weighted by Gasteiger charge is 2.34. The fraction of sp³-hybridized carbons (Fsp3) is 0.286. The standard InChI is InChI=1S/C14H14F3NO/c1-3-10(9-19)13(18-4-2)11-7-5-6-8-12(11)14(15,16)17/h3,5-9H,4H2,1-2H3/b10-3-,18-13?. The van der Waals surface area contributed by atoms with Gasteiger partial charge in [0.2, 0.25) is 0 Å². The van der Waals surface area contributed by atoms with Crippen LogP contribution < -0.4 is 0 Å². The summed E-state index contributed by atoms with van der Waals surface area (Å²) < 4.78 is 38.9. The molecule has 102 valence electrons. The van der Waals surface area contributed by atoms with E-state index in [1.54, 1.807) is 13.8 Å². The van der Waals surface area contributed by atoms with Gasteiger partial charge >= 0.3 is 6.18 Å². The lowest BCUT2D eigenvalue weighted by Gasteiger charge is -2.14. The highest BCUT2D eigenvalue weighted by molar-refractivity contribution is 6.23. The van der Waals surface area contributed by atoms with Crippen molar-refractivity contribution in [1.82, 2.24) is 0 Å². The molecule has 0 N–H and O–H groups in total. The van der Waals surface area contributed by atoms with E-state index < -0.39 is 11.7 Å². The Labute approximate surface area is 109 Å². The second-order valence-electron chi connectivity index (χ2n) is 3.73. The number of hydrogen-bond donors (Lipinski definition) is 0. The Bertz CT molecular complexity index is 516. The molecule has 0 saturated heterocycles. The molecule has 2 nitrogen and oxygen atoms in total. The van der Waals surface area contributed by atoms with E-state index in [0.717, 1.165) is 6.07 Å². The van der Waals surface area contributed by atoms with E-state index in [9.17, 15) is 18.0 Å². The SMILES string of the molecule is C/C=C(/C=O)C(=NCC)c1ccccc1C(F)(F)F. The first-order chi connectivity index (χ1) is 8.95. The summed E-state index contributed by atoms with van der Waals surface area (Å²) in [4.78, 5) is 15.0. The highest BCUT2D eigenvalue weighted by atomic mass is 19.4. The van der Waals surface area contributed by atoms with Crippen molar-refractivity contribution in [2.75, 3.05) is 6.54 Å². The van der Waals surface area contributed by atoms with Crippen molar-refractivity contribution in [3.05, 3.63) is 47.0 Å². The molecule has 0 spiro atoms. The molecule has 0 aliphatic rings. The Morgan fingerprint density at radius 1 is 1.32 bits per heavy atom. The number of carbonyl (C=O) groups excluding carboxylic acids is 1. The molecule has 0 unspecified atom stereocenters. The Kier molecular flexibility index (Phi) is 5.03. The molecule has 0 saturated carbocycles. The van der Waals surface area contributed by atoms with Gasteiger partial charge in [-0.3, -0.25) is 9.79 Å². The third-order valence-corrected chi connectivity index (χ3v) is 2.52. The summed E-state index contributed by atoms with van der Waals surface area (Å²) in [5.74, 6) is 0. The molecule has 0 amide bonds. The average Bonchev–Trinajstić information content (AvgIpc) is 2.38. The van der Waals surface area contributed by atoms with Gasteiger partial charge in [0.05, 0.1) is 11.3 Å². The monoisotopic (exact) mass is 269 g/mol. The Balaban J connectivity index is 3.49. The van der Waals surface area contributed by atoms with Crippen LogP contribution in [0.5, 0.6) is 0 Å². The summed E-state index contributed by atoms with van der Waals surface area (Å²) in [5.41, 5.74) is -0.632. The van der Waals surface area contributed by atoms with Crippen LogP contribution in [0.2, 0.25) is 0 Å². The molecule has 0 aromatic heterocycles. The molecular weight excluding hydrogens is 255 g/mol. The molecule has 0 fully saturated rings. The molecule has 1 rings (SSSR count). The number of halogens is 3. The number of hydrogen-bond acceptors (Lipinski definition) is 2. The third-order valence-electron chi connectivity index (χ3n) is 2.52. The second-order valence-corrected chi connectivity index (χ2v) is 3.73. The van der Waals surface area contributed by atoms with Crippen molar-refractivity contribution in [3.63, 3.8) is 0 Å². The molecule has 1 aromatic rings. The van der Waals surface area contributed by atoms with Crippen LogP contribution in [0.15, 0.2) is 40.9 Å². The molecule has 1 aromatic carbocycles. The van der Waals surface area contributed by atoms with Gasteiger partial charge in [-0.1, -0.05) is 24.3 Å². The van der Waals surface area contributed by atoms with Crippen LogP contribution in [0.3, 0.4) is 0 Å². The maximum Gasteiger partial charge on any atom is 0.417 e. The number of alkyl halides is 3. The van der Waals surface area contributed by atoms with Gasteiger partial charge in [-0.2, -0.15) is 13.2 Å². The number of carbonyl (C=O) groups is 1. The predicted octanol–water partition coefficient (Wildman–Crippen LogP) is 3.66. The van der Waals surface area contributed by atoms with Gasteiger partial charge in [-0.05, 0) is 19.9 Å². The topological polar surface area (TPSA) is 29.4 Å². The quantitative estimate of drug-likeness (QED) is 0.466. The van der Waals surface area contributed by atoms with Crippen LogP contribution in [-0.2, 0) is 11.0 Å². The van der Waals surface area contributed by atoms with E-state index in [-0.39, 0.29) is 16.8 Å². The molecule has 0 heterocycles. The third kappa shape index (κ3) is 3.53. The van der Waals surface area contributed by atoms with Gasteiger partial charge in [0.1, 0.15) is 0 Å². The maximum atomic E-state index is 13.0. The first-order valence-corrected chi connectivity index (χ1v) is 5.78. The van der Waals surface area contributed by atoms with Crippen LogP contribution in [0.25, 0.3) is 0 Å². The van der Waals surface area contributed by atoms with Crippen LogP contribution in [0.1, 0.15) is 25.0 Å². The van der Waals surface area contributed by atoms with E-state index in [1.165, 1.54) is 24.3 Å². The Hall–Kier alpha value is -1.91. The van der Waals surface area contributed by atoms with Gasteiger partial charge in [0, 0.05) is 17.7 Å². The molecular formula is C14H14F3NO. The molecule has 0 atom stereocenters. The second kappa shape index (κ2) is 6.31.